The summed E-state index contributed by atoms with van der Waals surface area (Å²) in [5.74, 6) is 0.347. The third kappa shape index (κ3) is 3.94. The number of pyridine rings is 1. The molecule has 0 aromatic carbocycles. The molecule has 0 aliphatic heterocycles. The van der Waals surface area contributed by atoms with Crippen LogP contribution in [0, 0.1) is 11.3 Å². The van der Waals surface area contributed by atoms with Gasteiger partial charge >= 0.3 is 6.18 Å². The van der Waals surface area contributed by atoms with Crippen LogP contribution in [0.15, 0.2) is 18.3 Å². The summed E-state index contributed by atoms with van der Waals surface area (Å²) >= 11 is 0. The molecule has 1 heterocycles. The molecule has 0 aliphatic carbocycles. The molecule has 1 aromatic heterocycles. The molecule has 0 bridgehead atoms. The van der Waals surface area contributed by atoms with Crippen LogP contribution in [0.1, 0.15) is 25.3 Å². The lowest BCUT2D eigenvalue weighted by Gasteiger charge is -2.14. The Morgan fingerprint density at radius 1 is 1.47 bits per heavy atom. The van der Waals surface area contributed by atoms with E-state index in [-0.39, 0.29) is 6.04 Å². The van der Waals surface area contributed by atoms with Gasteiger partial charge in [0.15, 0.2) is 0 Å². The van der Waals surface area contributed by atoms with Gasteiger partial charge in [0.05, 0.1) is 18.1 Å². The lowest BCUT2D eigenvalue weighted by atomic mass is 10.1. The normalized spacial score (nSPS) is 12.9. The van der Waals surface area contributed by atoms with Crippen molar-refractivity contribution in [1.82, 2.24) is 4.98 Å². The van der Waals surface area contributed by atoms with E-state index in [1.54, 1.807) is 0 Å². The van der Waals surface area contributed by atoms with Gasteiger partial charge in [-0.2, -0.15) is 18.4 Å². The van der Waals surface area contributed by atoms with Gasteiger partial charge in [-0.25, -0.2) is 4.98 Å². The summed E-state index contributed by atoms with van der Waals surface area (Å²) < 4.78 is 36.8. The van der Waals surface area contributed by atoms with Crippen LogP contribution in [0.4, 0.5) is 19.0 Å². The molecule has 1 rings (SSSR count). The second kappa shape index (κ2) is 5.53. The summed E-state index contributed by atoms with van der Waals surface area (Å²) in [5, 5.41) is 11.4. The highest BCUT2D eigenvalue weighted by molar-refractivity contribution is 5.37. The van der Waals surface area contributed by atoms with Gasteiger partial charge in [-0.3, -0.25) is 0 Å². The van der Waals surface area contributed by atoms with Gasteiger partial charge in [-0.1, -0.05) is 6.92 Å². The van der Waals surface area contributed by atoms with Crippen molar-refractivity contribution in [2.45, 2.75) is 32.0 Å². The fourth-order valence-electron chi connectivity index (χ4n) is 1.26. The van der Waals surface area contributed by atoms with Crippen molar-refractivity contribution in [3.63, 3.8) is 0 Å². The molecule has 1 aromatic rings. The number of anilines is 1. The summed E-state index contributed by atoms with van der Waals surface area (Å²) in [5.41, 5.74) is -0.781. The van der Waals surface area contributed by atoms with Crippen LogP contribution in [-0.4, -0.2) is 11.0 Å². The van der Waals surface area contributed by atoms with E-state index in [4.69, 9.17) is 5.26 Å². The number of nitrogens with zero attached hydrogens (tertiary/aromatic N) is 2. The van der Waals surface area contributed by atoms with Gasteiger partial charge in [0.25, 0.3) is 0 Å². The van der Waals surface area contributed by atoms with Gasteiger partial charge in [0, 0.05) is 12.2 Å². The number of rotatable bonds is 4. The molecule has 0 saturated carbocycles. The summed E-state index contributed by atoms with van der Waals surface area (Å²) in [6.45, 7) is 1.89. The van der Waals surface area contributed by atoms with Gasteiger partial charge in [0.2, 0.25) is 0 Å². The second-order valence-corrected chi connectivity index (χ2v) is 3.54. The molecule has 92 valence electrons. The molecular weight excluding hydrogens is 231 g/mol. The third-order valence-corrected chi connectivity index (χ3v) is 2.27. The van der Waals surface area contributed by atoms with Crippen molar-refractivity contribution in [3.8, 4) is 6.07 Å². The molecule has 1 atom stereocenters. The Labute approximate surface area is 97.3 Å². The van der Waals surface area contributed by atoms with Crippen LogP contribution in [0.5, 0.6) is 0 Å². The van der Waals surface area contributed by atoms with Crippen LogP contribution in [0.3, 0.4) is 0 Å². The summed E-state index contributed by atoms with van der Waals surface area (Å²) in [6, 6.07) is 4.14. The lowest BCUT2D eigenvalue weighted by Crippen LogP contribution is -2.18. The highest BCUT2D eigenvalue weighted by atomic mass is 19.4. The Morgan fingerprint density at radius 3 is 2.59 bits per heavy atom. The SMILES string of the molecule is CCC(CC#N)Nc1ccc(C(F)(F)F)cn1. The summed E-state index contributed by atoms with van der Waals surface area (Å²) in [6.07, 6.45) is -2.60. The summed E-state index contributed by atoms with van der Waals surface area (Å²) in [7, 11) is 0. The van der Waals surface area contributed by atoms with Crippen LogP contribution < -0.4 is 5.32 Å². The first-order valence-electron chi connectivity index (χ1n) is 5.14. The molecule has 6 heteroatoms. The highest BCUT2D eigenvalue weighted by Gasteiger charge is 2.30. The monoisotopic (exact) mass is 243 g/mol. The van der Waals surface area contributed by atoms with E-state index in [1.807, 2.05) is 13.0 Å². The topological polar surface area (TPSA) is 48.7 Å². The molecule has 0 fully saturated rings. The van der Waals surface area contributed by atoms with Crippen molar-refractivity contribution in [2.75, 3.05) is 5.32 Å². The Balaban J connectivity index is 2.72. The van der Waals surface area contributed by atoms with E-state index in [0.717, 1.165) is 12.3 Å². The zero-order valence-electron chi connectivity index (χ0n) is 9.25. The molecular formula is C11H12F3N3. The van der Waals surface area contributed by atoms with Gasteiger partial charge in [0.1, 0.15) is 5.82 Å². The lowest BCUT2D eigenvalue weighted by molar-refractivity contribution is -0.137. The van der Waals surface area contributed by atoms with E-state index in [0.29, 0.717) is 18.7 Å². The van der Waals surface area contributed by atoms with Crippen LogP contribution >= 0.6 is 0 Å². The average molecular weight is 243 g/mol. The predicted molar refractivity (Wildman–Crippen MR) is 57.2 cm³/mol. The van der Waals surface area contributed by atoms with Crippen molar-refractivity contribution in [3.05, 3.63) is 23.9 Å². The molecule has 0 radical (unpaired) electrons. The molecule has 1 unspecified atom stereocenters. The third-order valence-electron chi connectivity index (χ3n) is 2.27. The second-order valence-electron chi connectivity index (χ2n) is 3.54. The molecule has 0 saturated heterocycles. The zero-order chi connectivity index (χ0) is 12.9. The Bertz CT molecular complexity index is 392. The van der Waals surface area contributed by atoms with E-state index in [9.17, 15) is 13.2 Å². The molecule has 0 aliphatic rings. The first-order valence-corrected chi connectivity index (χ1v) is 5.14. The smallest absolute Gasteiger partial charge is 0.366 e. The first kappa shape index (κ1) is 13.3. The predicted octanol–water partition coefficient (Wildman–Crippen LogP) is 3.20. The minimum atomic E-state index is -4.37. The maximum atomic E-state index is 12.3. The molecule has 0 spiro atoms. The van der Waals surface area contributed by atoms with Crippen molar-refractivity contribution in [2.24, 2.45) is 0 Å². The van der Waals surface area contributed by atoms with Crippen LogP contribution in [-0.2, 0) is 6.18 Å². The molecule has 17 heavy (non-hydrogen) atoms. The minimum absolute atomic E-state index is 0.0933. The number of halogens is 3. The molecule has 0 amide bonds. The fourth-order valence-corrected chi connectivity index (χ4v) is 1.26. The Morgan fingerprint density at radius 2 is 2.18 bits per heavy atom. The largest absolute Gasteiger partial charge is 0.417 e. The van der Waals surface area contributed by atoms with Crippen molar-refractivity contribution >= 4 is 5.82 Å². The van der Waals surface area contributed by atoms with E-state index in [1.165, 1.54) is 6.07 Å². The maximum Gasteiger partial charge on any atom is 0.417 e. The fraction of sp³-hybridized carbons (Fsp3) is 0.455. The summed E-state index contributed by atoms with van der Waals surface area (Å²) in [4.78, 5) is 3.67. The quantitative estimate of drug-likeness (QED) is 0.883. The highest BCUT2D eigenvalue weighted by Crippen LogP contribution is 2.28. The van der Waals surface area contributed by atoms with Crippen molar-refractivity contribution in [1.29, 1.82) is 5.26 Å². The minimum Gasteiger partial charge on any atom is -0.366 e. The van der Waals surface area contributed by atoms with Gasteiger partial charge < -0.3 is 5.32 Å². The number of hydrogen-bond donors (Lipinski definition) is 1. The van der Waals surface area contributed by atoms with Gasteiger partial charge in [-0.05, 0) is 18.6 Å². The molecule has 1 N–H and O–H groups in total. The number of hydrogen-bond acceptors (Lipinski definition) is 3. The first-order chi connectivity index (χ1) is 7.97. The standard InChI is InChI=1S/C11H12F3N3/c1-2-9(5-6-15)17-10-4-3-8(7-16-10)11(12,13)14/h3-4,7,9H,2,5H2,1H3,(H,16,17). The van der Waals surface area contributed by atoms with Crippen LogP contribution in [0.25, 0.3) is 0 Å². The average Bonchev–Trinajstić information content (AvgIpc) is 2.28. The van der Waals surface area contributed by atoms with Gasteiger partial charge in [-0.15, -0.1) is 0 Å². The molecule has 3 nitrogen and oxygen atoms in total. The maximum absolute atomic E-state index is 12.3. The van der Waals surface area contributed by atoms with E-state index < -0.39 is 11.7 Å². The number of nitriles is 1. The number of alkyl halides is 3. The Hall–Kier alpha value is -1.77. The van der Waals surface area contributed by atoms with E-state index >= 15 is 0 Å². The number of nitrogens with one attached hydrogen (secondary N) is 1. The zero-order valence-corrected chi connectivity index (χ0v) is 9.25. The van der Waals surface area contributed by atoms with Crippen LogP contribution in [0.2, 0.25) is 0 Å². The number of aromatic nitrogens is 1. The Kier molecular flexibility index (Phi) is 4.32. The van der Waals surface area contributed by atoms with Crippen molar-refractivity contribution < 1.29 is 13.2 Å². The van der Waals surface area contributed by atoms with E-state index in [2.05, 4.69) is 10.3 Å².